The van der Waals surface area contributed by atoms with Crippen LogP contribution in [0.1, 0.15) is 11.1 Å². The minimum Gasteiger partial charge on any atom is -0.361 e. The zero-order valence-corrected chi connectivity index (χ0v) is 11.1. The molecule has 1 amide bonds. The number of hydrogen-bond acceptors (Lipinski definition) is 2. The van der Waals surface area contributed by atoms with Gasteiger partial charge in [0.2, 0.25) is 5.91 Å². The highest BCUT2D eigenvalue weighted by molar-refractivity contribution is 5.86. The number of fused-ring (bicyclic) bond motifs is 1. The van der Waals surface area contributed by atoms with E-state index in [-0.39, 0.29) is 24.9 Å². The Morgan fingerprint density at radius 3 is 2.94 bits per heavy atom. The predicted octanol–water partition coefficient (Wildman–Crippen LogP) is 1.52. The highest BCUT2D eigenvalue weighted by atomic mass is 35.5. The molecule has 1 aromatic heterocycles. The number of carbonyl (C=O) groups excluding carboxylic acids is 1. The summed E-state index contributed by atoms with van der Waals surface area (Å²) >= 11 is 0. The quantitative estimate of drug-likeness (QED) is 0.786. The number of benzene rings is 1. The highest BCUT2D eigenvalue weighted by Crippen LogP contribution is 2.22. The summed E-state index contributed by atoms with van der Waals surface area (Å²) < 4.78 is 0. The number of aryl methyl sites for hydroxylation is 1. The molecule has 18 heavy (non-hydrogen) atoms. The fourth-order valence-corrected chi connectivity index (χ4v) is 2.06. The average molecular weight is 268 g/mol. The van der Waals surface area contributed by atoms with Crippen LogP contribution in [0.3, 0.4) is 0 Å². The number of rotatable bonds is 4. The number of nitrogens with two attached hydrogens (primary N) is 1. The molecule has 0 aliphatic carbocycles. The first-order valence-corrected chi connectivity index (χ1v) is 5.74. The number of hydrogen-bond donors (Lipinski definition) is 3. The van der Waals surface area contributed by atoms with E-state index in [1.807, 2.05) is 12.3 Å². The van der Waals surface area contributed by atoms with Crippen LogP contribution >= 0.6 is 12.4 Å². The van der Waals surface area contributed by atoms with Crippen molar-refractivity contribution in [1.29, 1.82) is 0 Å². The van der Waals surface area contributed by atoms with Crippen molar-refractivity contribution in [3.8, 4) is 0 Å². The molecule has 1 aromatic carbocycles. The van der Waals surface area contributed by atoms with Crippen LogP contribution in [0.2, 0.25) is 0 Å². The number of aromatic amines is 1. The molecular formula is C13H18ClN3O. The minimum atomic E-state index is -0.110. The highest BCUT2D eigenvalue weighted by Gasteiger charge is 2.06. The van der Waals surface area contributed by atoms with Gasteiger partial charge in [-0.05, 0) is 30.5 Å². The van der Waals surface area contributed by atoms with Gasteiger partial charge in [-0.2, -0.15) is 0 Å². The SMILES string of the molecule is Cc1cccc2[nH]cc(CCNC(=O)CN)c12.Cl. The van der Waals surface area contributed by atoms with Crippen molar-refractivity contribution in [3.05, 3.63) is 35.5 Å². The lowest BCUT2D eigenvalue weighted by Gasteiger charge is -2.04. The smallest absolute Gasteiger partial charge is 0.233 e. The van der Waals surface area contributed by atoms with E-state index in [0.717, 1.165) is 11.9 Å². The molecule has 0 aliphatic heterocycles. The summed E-state index contributed by atoms with van der Waals surface area (Å²) in [5.41, 5.74) is 8.86. The molecule has 2 rings (SSSR count). The standard InChI is InChI=1S/C13H17N3O.ClH/c1-9-3-2-4-11-13(9)10(8-16-11)5-6-15-12(17)7-14;/h2-4,8,16H,5-7,14H2,1H3,(H,15,17);1H. The Morgan fingerprint density at radius 1 is 1.44 bits per heavy atom. The third-order valence-electron chi connectivity index (χ3n) is 2.90. The fourth-order valence-electron chi connectivity index (χ4n) is 2.06. The molecular weight excluding hydrogens is 250 g/mol. The van der Waals surface area contributed by atoms with Crippen molar-refractivity contribution in [1.82, 2.24) is 10.3 Å². The maximum atomic E-state index is 11.0. The molecule has 98 valence electrons. The third kappa shape index (κ3) is 3.03. The van der Waals surface area contributed by atoms with E-state index in [1.54, 1.807) is 0 Å². The van der Waals surface area contributed by atoms with Gasteiger partial charge >= 0.3 is 0 Å². The lowest BCUT2D eigenvalue weighted by atomic mass is 10.1. The summed E-state index contributed by atoms with van der Waals surface area (Å²) in [6, 6.07) is 6.19. The summed E-state index contributed by atoms with van der Waals surface area (Å²) in [5.74, 6) is -0.110. The lowest BCUT2D eigenvalue weighted by molar-refractivity contribution is -0.119. The first-order valence-electron chi connectivity index (χ1n) is 5.74. The van der Waals surface area contributed by atoms with E-state index in [0.29, 0.717) is 6.54 Å². The van der Waals surface area contributed by atoms with Gasteiger partial charge in [0.1, 0.15) is 0 Å². The van der Waals surface area contributed by atoms with Crippen LogP contribution in [0.25, 0.3) is 10.9 Å². The Morgan fingerprint density at radius 2 is 2.22 bits per heavy atom. The van der Waals surface area contributed by atoms with Crippen molar-refractivity contribution in [3.63, 3.8) is 0 Å². The molecule has 0 atom stereocenters. The Labute approximate surface area is 112 Å². The van der Waals surface area contributed by atoms with Crippen LogP contribution in [0.5, 0.6) is 0 Å². The van der Waals surface area contributed by atoms with Gasteiger partial charge in [0.05, 0.1) is 6.54 Å². The molecule has 0 aliphatic rings. The van der Waals surface area contributed by atoms with Gasteiger partial charge in [-0.15, -0.1) is 12.4 Å². The van der Waals surface area contributed by atoms with Crippen LogP contribution in [0, 0.1) is 6.92 Å². The third-order valence-corrected chi connectivity index (χ3v) is 2.90. The molecule has 0 fully saturated rings. The molecule has 2 aromatic rings. The normalized spacial score (nSPS) is 10.1. The zero-order valence-electron chi connectivity index (χ0n) is 10.3. The van der Waals surface area contributed by atoms with E-state index in [9.17, 15) is 4.79 Å². The van der Waals surface area contributed by atoms with Crippen LogP contribution < -0.4 is 11.1 Å². The number of nitrogens with one attached hydrogen (secondary N) is 2. The fraction of sp³-hybridized carbons (Fsp3) is 0.308. The second kappa shape index (κ2) is 6.42. The Kier molecular flexibility index (Phi) is 5.19. The van der Waals surface area contributed by atoms with E-state index in [1.165, 1.54) is 16.5 Å². The van der Waals surface area contributed by atoms with E-state index in [2.05, 4.69) is 29.4 Å². The van der Waals surface area contributed by atoms with E-state index < -0.39 is 0 Å². The van der Waals surface area contributed by atoms with Gasteiger partial charge in [-0.25, -0.2) is 0 Å². The molecule has 4 N–H and O–H groups in total. The molecule has 5 heteroatoms. The van der Waals surface area contributed by atoms with Gasteiger partial charge in [-0.3, -0.25) is 4.79 Å². The summed E-state index contributed by atoms with van der Waals surface area (Å²) in [5, 5.41) is 4.04. The average Bonchev–Trinajstić information content (AvgIpc) is 2.74. The molecule has 4 nitrogen and oxygen atoms in total. The zero-order chi connectivity index (χ0) is 12.3. The first kappa shape index (κ1) is 14.5. The molecule has 0 unspecified atom stereocenters. The first-order chi connectivity index (χ1) is 8.22. The van der Waals surface area contributed by atoms with Crippen molar-refractivity contribution >= 4 is 29.2 Å². The lowest BCUT2D eigenvalue weighted by Crippen LogP contribution is -2.31. The molecule has 0 saturated carbocycles. The minimum absolute atomic E-state index is 0. The number of amides is 1. The topological polar surface area (TPSA) is 70.9 Å². The predicted molar refractivity (Wildman–Crippen MR) is 76.1 cm³/mol. The number of aromatic nitrogens is 1. The van der Waals surface area contributed by atoms with Crippen LogP contribution in [-0.2, 0) is 11.2 Å². The monoisotopic (exact) mass is 267 g/mol. The van der Waals surface area contributed by atoms with Crippen molar-refractivity contribution in [2.24, 2.45) is 5.73 Å². The Bertz CT molecular complexity index is 536. The van der Waals surface area contributed by atoms with Gasteiger partial charge in [0, 0.05) is 23.6 Å². The molecule has 0 spiro atoms. The van der Waals surface area contributed by atoms with Crippen LogP contribution in [0.4, 0.5) is 0 Å². The van der Waals surface area contributed by atoms with Gasteiger partial charge in [0.15, 0.2) is 0 Å². The second-order valence-corrected chi connectivity index (χ2v) is 4.12. The molecule has 1 heterocycles. The molecule has 0 bridgehead atoms. The Balaban J connectivity index is 0.00000162. The van der Waals surface area contributed by atoms with E-state index in [4.69, 9.17) is 5.73 Å². The van der Waals surface area contributed by atoms with Crippen molar-refractivity contribution in [2.75, 3.05) is 13.1 Å². The van der Waals surface area contributed by atoms with Gasteiger partial charge < -0.3 is 16.0 Å². The summed E-state index contributed by atoms with van der Waals surface area (Å²) in [6.07, 6.45) is 2.82. The molecule has 0 radical (unpaired) electrons. The number of H-pyrrole nitrogens is 1. The number of carbonyl (C=O) groups is 1. The van der Waals surface area contributed by atoms with Crippen LogP contribution in [-0.4, -0.2) is 24.0 Å². The van der Waals surface area contributed by atoms with E-state index >= 15 is 0 Å². The van der Waals surface area contributed by atoms with Crippen LogP contribution in [0.15, 0.2) is 24.4 Å². The largest absolute Gasteiger partial charge is 0.361 e. The maximum absolute atomic E-state index is 11.0. The Hall–Kier alpha value is -1.52. The summed E-state index contributed by atoms with van der Waals surface area (Å²) in [6.45, 7) is 2.77. The van der Waals surface area contributed by atoms with Gasteiger partial charge in [-0.1, -0.05) is 12.1 Å². The summed E-state index contributed by atoms with van der Waals surface area (Å²) in [4.78, 5) is 14.3. The maximum Gasteiger partial charge on any atom is 0.233 e. The second-order valence-electron chi connectivity index (χ2n) is 4.12. The molecule has 0 saturated heterocycles. The van der Waals surface area contributed by atoms with Crippen molar-refractivity contribution in [2.45, 2.75) is 13.3 Å². The summed E-state index contributed by atoms with van der Waals surface area (Å²) in [7, 11) is 0. The van der Waals surface area contributed by atoms with Gasteiger partial charge in [0.25, 0.3) is 0 Å². The number of halogens is 1. The van der Waals surface area contributed by atoms with Crippen molar-refractivity contribution < 1.29 is 4.79 Å².